The highest BCUT2D eigenvalue weighted by Crippen LogP contribution is 2.40. The van der Waals surface area contributed by atoms with Crippen LogP contribution in [0.25, 0.3) is 0 Å². The first-order chi connectivity index (χ1) is 13.1. The number of hydrogen-bond donors (Lipinski definition) is 2. The predicted molar refractivity (Wildman–Crippen MR) is 103 cm³/mol. The second-order valence-corrected chi connectivity index (χ2v) is 6.11. The van der Waals surface area contributed by atoms with E-state index in [4.69, 9.17) is 18.9 Å². The Morgan fingerprint density at radius 1 is 0.963 bits per heavy atom. The lowest BCUT2D eigenvalue weighted by Gasteiger charge is -2.15. The first-order valence-corrected chi connectivity index (χ1v) is 8.74. The minimum Gasteiger partial charge on any atom is -0.493 e. The zero-order valence-corrected chi connectivity index (χ0v) is 15.7. The highest BCUT2D eigenvalue weighted by molar-refractivity contribution is 5.94. The normalized spacial score (nSPS) is 15.9. The van der Waals surface area contributed by atoms with Gasteiger partial charge in [-0.05, 0) is 37.1 Å². The third kappa shape index (κ3) is 4.43. The highest BCUT2D eigenvalue weighted by atomic mass is 16.5. The fourth-order valence-electron chi connectivity index (χ4n) is 2.96. The lowest BCUT2D eigenvalue weighted by atomic mass is 10.2. The molecule has 1 unspecified atom stereocenters. The number of amides is 1. The molecule has 3 rings (SSSR count). The van der Waals surface area contributed by atoms with Gasteiger partial charge in [0.1, 0.15) is 6.10 Å². The van der Waals surface area contributed by atoms with Gasteiger partial charge in [0, 0.05) is 35.8 Å². The summed E-state index contributed by atoms with van der Waals surface area (Å²) in [5, 5.41) is 6.17. The molecule has 1 amide bonds. The monoisotopic (exact) mass is 372 g/mol. The van der Waals surface area contributed by atoms with Crippen LogP contribution in [0.1, 0.15) is 12.8 Å². The van der Waals surface area contributed by atoms with Crippen LogP contribution in [-0.2, 0) is 9.53 Å². The number of methoxy groups -OCH3 is 3. The molecule has 0 bridgehead atoms. The van der Waals surface area contributed by atoms with Gasteiger partial charge in [-0.25, -0.2) is 0 Å². The summed E-state index contributed by atoms with van der Waals surface area (Å²) < 4.78 is 21.5. The number of nitrogens with one attached hydrogen (secondary N) is 2. The molecule has 0 aliphatic carbocycles. The van der Waals surface area contributed by atoms with Gasteiger partial charge >= 0.3 is 0 Å². The molecule has 144 valence electrons. The third-order valence-corrected chi connectivity index (χ3v) is 4.33. The van der Waals surface area contributed by atoms with Crippen molar-refractivity contribution in [1.29, 1.82) is 0 Å². The van der Waals surface area contributed by atoms with Gasteiger partial charge in [-0.3, -0.25) is 4.79 Å². The number of carbonyl (C=O) groups excluding carboxylic acids is 1. The number of hydrogen-bond acceptors (Lipinski definition) is 6. The Bertz CT molecular complexity index is 760. The van der Waals surface area contributed by atoms with Crippen molar-refractivity contribution < 1.29 is 23.7 Å². The maximum atomic E-state index is 12.1. The smallest absolute Gasteiger partial charge is 0.253 e. The maximum absolute atomic E-state index is 12.1. The Labute approximate surface area is 158 Å². The minimum absolute atomic E-state index is 0.0992. The second-order valence-electron chi connectivity index (χ2n) is 6.11. The van der Waals surface area contributed by atoms with Gasteiger partial charge in [-0.2, -0.15) is 0 Å². The molecule has 2 aromatic carbocycles. The van der Waals surface area contributed by atoms with Crippen molar-refractivity contribution >= 4 is 23.0 Å². The largest absolute Gasteiger partial charge is 0.493 e. The van der Waals surface area contributed by atoms with Gasteiger partial charge in [-0.15, -0.1) is 0 Å². The summed E-state index contributed by atoms with van der Waals surface area (Å²) in [7, 11) is 4.72. The van der Waals surface area contributed by atoms with Crippen molar-refractivity contribution in [3.8, 4) is 17.2 Å². The summed E-state index contributed by atoms with van der Waals surface area (Å²) in [5.74, 6) is 1.58. The summed E-state index contributed by atoms with van der Waals surface area (Å²) in [4.78, 5) is 12.1. The van der Waals surface area contributed by atoms with Gasteiger partial charge in [0.05, 0.1) is 21.3 Å². The lowest BCUT2D eigenvalue weighted by molar-refractivity contribution is -0.124. The molecule has 2 aromatic rings. The van der Waals surface area contributed by atoms with Crippen molar-refractivity contribution in [1.82, 2.24) is 0 Å². The van der Waals surface area contributed by atoms with E-state index in [2.05, 4.69) is 10.6 Å². The molecule has 1 aliphatic heterocycles. The number of rotatable bonds is 7. The molecule has 2 N–H and O–H groups in total. The van der Waals surface area contributed by atoms with E-state index in [1.807, 2.05) is 36.4 Å². The molecular formula is C20H24N2O5. The van der Waals surface area contributed by atoms with Gasteiger partial charge in [-0.1, -0.05) is 0 Å². The van der Waals surface area contributed by atoms with Crippen LogP contribution in [0.15, 0.2) is 36.4 Å². The zero-order valence-electron chi connectivity index (χ0n) is 15.7. The Morgan fingerprint density at radius 2 is 1.59 bits per heavy atom. The topological polar surface area (TPSA) is 78.1 Å². The summed E-state index contributed by atoms with van der Waals surface area (Å²) in [6, 6.07) is 11.1. The first kappa shape index (κ1) is 18.8. The molecular weight excluding hydrogens is 348 g/mol. The Hall–Kier alpha value is -2.93. The van der Waals surface area contributed by atoms with E-state index in [1.165, 1.54) is 0 Å². The fraction of sp³-hybridized carbons (Fsp3) is 0.350. The molecule has 0 spiro atoms. The molecule has 27 heavy (non-hydrogen) atoms. The van der Waals surface area contributed by atoms with E-state index < -0.39 is 0 Å². The molecule has 1 saturated heterocycles. The van der Waals surface area contributed by atoms with Crippen LogP contribution in [-0.4, -0.2) is 39.9 Å². The summed E-state index contributed by atoms with van der Waals surface area (Å²) in [5.41, 5.74) is 2.38. The number of benzene rings is 2. The molecule has 0 radical (unpaired) electrons. The Morgan fingerprint density at radius 3 is 2.11 bits per heavy atom. The van der Waals surface area contributed by atoms with Crippen molar-refractivity contribution in [2.24, 2.45) is 0 Å². The molecule has 0 aromatic heterocycles. The SMILES string of the molecule is COc1cc(Nc2ccc(NC(=O)C3CCCO3)cc2)cc(OC)c1OC. The predicted octanol–water partition coefficient (Wildman–Crippen LogP) is 3.57. The van der Waals surface area contributed by atoms with E-state index in [0.29, 0.717) is 23.9 Å². The molecule has 1 aliphatic rings. The average Bonchev–Trinajstić information content (AvgIpc) is 3.23. The van der Waals surface area contributed by atoms with Crippen LogP contribution in [0, 0.1) is 0 Å². The van der Waals surface area contributed by atoms with Gasteiger partial charge in [0.15, 0.2) is 11.5 Å². The van der Waals surface area contributed by atoms with Crippen molar-refractivity contribution in [3.05, 3.63) is 36.4 Å². The van der Waals surface area contributed by atoms with Crippen LogP contribution >= 0.6 is 0 Å². The van der Waals surface area contributed by atoms with Crippen molar-refractivity contribution in [3.63, 3.8) is 0 Å². The van der Waals surface area contributed by atoms with Crippen LogP contribution < -0.4 is 24.8 Å². The molecule has 1 atom stereocenters. The zero-order chi connectivity index (χ0) is 19.2. The average molecular weight is 372 g/mol. The highest BCUT2D eigenvalue weighted by Gasteiger charge is 2.23. The molecule has 7 heteroatoms. The minimum atomic E-state index is -0.345. The van der Waals surface area contributed by atoms with E-state index in [9.17, 15) is 4.79 Å². The van der Waals surface area contributed by atoms with Crippen LogP contribution in [0.3, 0.4) is 0 Å². The molecule has 1 heterocycles. The Balaban J connectivity index is 1.70. The number of carbonyl (C=O) groups is 1. The van der Waals surface area contributed by atoms with Gasteiger partial charge in [0.25, 0.3) is 5.91 Å². The maximum Gasteiger partial charge on any atom is 0.253 e. The summed E-state index contributed by atoms with van der Waals surface area (Å²) >= 11 is 0. The van der Waals surface area contributed by atoms with E-state index in [-0.39, 0.29) is 12.0 Å². The Kier molecular flexibility index (Phi) is 6.03. The van der Waals surface area contributed by atoms with Gasteiger partial charge in [0.2, 0.25) is 5.75 Å². The van der Waals surface area contributed by atoms with Crippen LogP contribution in [0.2, 0.25) is 0 Å². The molecule has 7 nitrogen and oxygen atoms in total. The molecule has 0 saturated carbocycles. The van der Waals surface area contributed by atoms with E-state index in [0.717, 1.165) is 29.9 Å². The fourth-order valence-corrected chi connectivity index (χ4v) is 2.96. The summed E-state index contributed by atoms with van der Waals surface area (Å²) in [6.45, 7) is 0.649. The van der Waals surface area contributed by atoms with E-state index in [1.54, 1.807) is 21.3 Å². The quantitative estimate of drug-likeness (QED) is 0.774. The molecule has 1 fully saturated rings. The summed E-state index contributed by atoms with van der Waals surface area (Å²) in [6.07, 6.45) is 1.35. The van der Waals surface area contributed by atoms with Crippen molar-refractivity contribution in [2.45, 2.75) is 18.9 Å². The van der Waals surface area contributed by atoms with E-state index >= 15 is 0 Å². The first-order valence-electron chi connectivity index (χ1n) is 8.74. The second kappa shape index (κ2) is 8.64. The van der Waals surface area contributed by atoms with Crippen LogP contribution in [0.4, 0.5) is 17.1 Å². The third-order valence-electron chi connectivity index (χ3n) is 4.33. The number of ether oxygens (including phenoxy) is 4. The van der Waals surface area contributed by atoms with Crippen molar-refractivity contribution in [2.75, 3.05) is 38.6 Å². The van der Waals surface area contributed by atoms with Crippen LogP contribution in [0.5, 0.6) is 17.2 Å². The standard InChI is InChI=1S/C20H24N2O5/c1-24-17-11-15(12-18(25-2)19(17)26-3)21-13-6-8-14(9-7-13)22-20(23)16-5-4-10-27-16/h6-9,11-12,16,21H,4-5,10H2,1-3H3,(H,22,23). The lowest BCUT2D eigenvalue weighted by Crippen LogP contribution is -2.26. The van der Waals surface area contributed by atoms with Gasteiger partial charge < -0.3 is 29.6 Å². The number of anilines is 3.